The van der Waals surface area contributed by atoms with Crippen molar-refractivity contribution in [2.75, 3.05) is 13.2 Å². The van der Waals surface area contributed by atoms with E-state index in [4.69, 9.17) is 0 Å². The van der Waals surface area contributed by atoms with Gasteiger partial charge in [-0.1, -0.05) is 26.2 Å². The Morgan fingerprint density at radius 3 is 2.58 bits per heavy atom. The fraction of sp³-hybridized carbons (Fsp3) is 0.938. The number of rotatable bonds is 6. The van der Waals surface area contributed by atoms with Crippen molar-refractivity contribution in [2.24, 2.45) is 11.8 Å². The van der Waals surface area contributed by atoms with E-state index in [-0.39, 0.29) is 12.5 Å². The van der Waals surface area contributed by atoms with Gasteiger partial charge in [0.2, 0.25) is 0 Å². The fourth-order valence-corrected chi connectivity index (χ4v) is 3.87. The summed E-state index contributed by atoms with van der Waals surface area (Å²) in [6, 6.07) is 3.56. The number of aliphatic hydroxyl groups is 1. The summed E-state index contributed by atoms with van der Waals surface area (Å²) >= 11 is 0. The van der Waals surface area contributed by atoms with Crippen molar-refractivity contribution in [1.29, 1.82) is 5.26 Å². The van der Waals surface area contributed by atoms with Crippen molar-refractivity contribution in [1.82, 2.24) is 4.90 Å². The predicted octanol–water partition coefficient (Wildman–Crippen LogP) is 2.94. The van der Waals surface area contributed by atoms with E-state index < -0.39 is 0 Å². The Labute approximate surface area is 117 Å². The molecule has 0 amide bonds. The van der Waals surface area contributed by atoms with Gasteiger partial charge < -0.3 is 5.11 Å². The van der Waals surface area contributed by atoms with Crippen molar-refractivity contribution in [2.45, 2.75) is 70.4 Å². The first-order valence-corrected chi connectivity index (χ1v) is 8.06. The van der Waals surface area contributed by atoms with Gasteiger partial charge in [-0.15, -0.1) is 0 Å². The Hall–Kier alpha value is -0.590. The second kappa shape index (κ2) is 7.26. The third-order valence-electron chi connectivity index (χ3n) is 5.12. The molecule has 2 fully saturated rings. The van der Waals surface area contributed by atoms with Gasteiger partial charge in [-0.2, -0.15) is 5.26 Å². The number of hydrogen-bond acceptors (Lipinski definition) is 3. The monoisotopic (exact) mass is 264 g/mol. The van der Waals surface area contributed by atoms with E-state index in [1.165, 1.54) is 44.9 Å². The Kier molecular flexibility index (Phi) is 5.66. The summed E-state index contributed by atoms with van der Waals surface area (Å²) < 4.78 is 0. The van der Waals surface area contributed by atoms with Gasteiger partial charge in [0.1, 0.15) is 0 Å². The van der Waals surface area contributed by atoms with Gasteiger partial charge in [0.25, 0.3) is 0 Å². The number of hydrogen-bond donors (Lipinski definition) is 1. The third-order valence-corrected chi connectivity index (χ3v) is 5.12. The maximum Gasteiger partial charge on any atom is 0.0672 e. The number of aliphatic hydroxyl groups excluding tert-OH is 1. The van der Waals surface area contributed by atoms with Crippen molar-refractivity contribution in [3.63, 3.8) is 0 Å². The highest BCUT2D eigenvalue weighted by Crippen LogP contribution is 2.38. The Balaban J connectivity index is 2.03. The maximum absolute atomic E-state index is 9.43. The highest BCUT2D eigenvalue weighted by atomic mass is 16.3. The zero-order valence-corrected chi connectivity index (χ0v) is 12.2. The molecule has 2 saturated carbocycles. The summed E-state index contributed by atoms with van der Waals surface area (Å²) in [6.07, 6.45) is 9.82. The minimum Gasteiger partial charge on any atom is -0.395 e. The highest BCUT2D eigenvalue weighted by molar-refractivity contribution is 5.00. The molecule has 108 valence electrons. The van der Waals surface area contributed by atoms with E-state index in [9.17, 15) is 10.4 Å². The minimum atomic E-state index is 0.181. The van der Waals surface area contributed by atoms with E-state index in [1.807, 2.05) is 0 Å². The van der Waals surface area contributed by atoms with Gasteiger partial charge in [0.15, 0.2) is 0 Å². The smallest absolute Gasteiger partial charge is 0.0672 e. The molecular weight excluding hydrogens is 236 g/mol. The van der Waals surface area contributed by atoms with E-state index >= 15 is 0 Å². The van der Waals surface area contributed by atoms with E-state index in [0.29, 0.717) is 12.1 Å². The van der Waals surface area contributed by atoms with Gasteiger partial charge in [0, 0.05) is 18.6 Å². The van der Waals surface area contributed by atoms with Gasteiger partial charge in [-0.25, -0.2) is 0 Å². The first-order chi connectivity index (χ1) is 9.30. The molecule has 3 unspecified atom stereocenters. The van der Waals surface area contributed by atoms with Gasteiger partial charge in [-0.3, -0.25) is 4.90 Å². The van der Waals surface area contributed by atoms with Gasteiger partial charge in [-0.05, 0) is 38.0 Å². The van der Waals surface area contributed by atoms with Crippen LogP contribution in [0.25, 0.3) is 0 Å². The fourth-order valence-electron chi connectivity index (χ4n) is 3.87. The maximum atomic E-state index is 9.43. The quantitative estimate of drug-likeness (QED) is 0.802. The molecule has 0 aliphatic heterocycles. The lowest BCUT2D eigenvalue weighted by molar-refractivity contribution is 0.0157. The van der Waals surface area contributed by atoms with Crippen LogP contribution in [0.3, 0.4) is 0 Å². The first kappa shape index (κ1) is 14.8. The molecule has 19 heavy (non-hydrogen) atoms. The molecule has 0 heterocycles. The topological polar surface area (TPSA) is 47.3 Å². The van der Waals surface area contributed by atoms with Crippen molar-refractivity contribution >= 4 is 0 Å². The van der Waals surface area contributed by atoms with Gasteiger partial charge in [0.05, 0.1) is 18.6 Å². The summed E-state index contributed by atoms with van der Waals surface area (Å²) in [5.41, 5.74) is 0. The molecule has 3 nitrogen and oxygen atoms in total. The van der Waals surface area contributed by atoms with E-state index in [0.717, 1.165) is 18.9 Å². The third kappa shape index (κ3) is 3.49. The predicted molar refractivity (Wildman–Crippen MR) is 76.6 cm³/mol. The second-order valence-electron chi connectivity index (χ2n) is 6.32. The van der Waals surface area contributed by atoms with Crippen LogP contribution < -0.4 is 0 Å². The lowest BCUT2D eigenvalue weighted by Gasteiger charge is -2.47. The van der Waals surface area contributed by atoms with Crippen LogP contribution in [-0.2, 0) is 0 Å². The van der Waals surface area contributed by atoms with Crippen LogP contribution in [0.4, 0.5) is 0 Å². The average molecular weight is 264 g/mol. The van der Waals surface area contributed by atoms with Crippen LogP contribution in [0.2, 0.25) is 0 Å². The highest BCUT2D eigenvalue weighted by Gasteiger charge is 2.38. The lowest BCUT2D eigenvalue weighted by Crippen LogP contribution is -2.52. The summed E-state index contributed by atoms with van der Waals surface area (Å²) in [7, 11) is 0. The molecular formula is C16H28N2O. The SMILES string of the molecule is CCCC1CCC(C#N)C(N(CCO)C2CCC2)C1. The molecule has 1 N–H and O–H groups in total. The van der Waals surface area contributed by atoms with Crippen LogP contribution in [-0.4, -0.2) is 35.2 Å². The molecule has 2 rings (SSSR count). The second-order valence-corrected chi connectivity index (χ2v) is 6.32. The van der Waals surface area contributed by atoms with Crippen LogP contribution in [0.5, 0.6) is 0 Å². The van der Waals surface area contributed by atoms with Crippen molar-refractivity contribution in [3.8, 4) is 6.07 Å². The molecule has 2 aliphatic rings. The van der Waals surface area contributed by atoms with Crippen molar-refractivity contribution < 1.29 is 5.11 Å². The molecule has 0 bridgehead atoms. The molecule has 0 radical (unpaired) electrons. The van der Waals surface area contributed by atoms with Crippen LogP contribution in [0.1, 0.15) is 58.3 Å². The summed E-state index contributed by atoms with van der Waals surface area (Å²) in [6.45, 7) is 3.23. The molecule has 0 spiro atoms. The molecule has 2 aliphatic carbocycles. The first-order valence-electron chi connectivity index (χ1n) is 8.06. The average Bonchev–Trinajstić information content (AvgIpc) is 2.36. The molecule has 3 atom stereocenters. The Bertz CT molecular complexity index is 308. The summed E-state index contributed by atoms with van der Waals surface area (Å²) in [5, 5.41) is 18.8. The summed E-state index contributed by atoms with van der Waals surface area (Å²) in [4.78, 5) is 2.47. The van der Waals surface area contributed by atoms with Crippen LogP contribution in [0.15, 0.2) is 0 Å². The van der Waals surface area contributed by atoms with E-state index in [2.05, 4.69) is 17.9 Å². The largest absolute Gasteiger partial charge is 0.395 e. The Morgan fingerprint density at radius 2 is 2.05 bits per heavy atom. The van der Waals surface area contributed by atoms with Crippen LogP contribution in [0, 0.1) is 23.2 Å². The molecule has 0 aromatic heterocycles. The Morgan fingerprint density at radius 1 is 1.26 bits per heavy atom. The van der Waals surface area contributed by atoms with Gasteiger partial charge >= 0.3 is 0 Å². The summed E-state index contributed by atoms with van der Waals surface area (Å²) in [5.74, 6) is 0.973. The minimum absolute atomic E-state index is 0.181. The lowest BCUT2D eigenvalue weighted by atomic mass is 9.75. The molecule has 0 aromatic carbocycles. The molecule has 3 heteroatoms. The molecule has 0 saturated heterocycles. The number of nitrogens with zero attached hydrogens (tertiary/aromatic N) is 2. The van der Waals surface area contributed by atoms with E-state index in [1.54, 1.807) is 0 Å². The van der Waals surface area contributed by atoms with Crippen molar-refractivity contribution in [3.05, 3.63) is 0 Å². The number of nitriles is 1. The van der Waals surface area contributed by atoms with Crippen LogP contribution >= 0.6 is 0 Å². The molecule has 0 aromatic rings. The zero-order chi connectivity index (χ0) is 13.7. The zero-order valence-electron chi connectivity index (χ0n) is 12.2. The standard InChI is InChI=1S/C16H28N2O/c1-2-4-13-7-8-14(12-17)16(11-13)18(9-10-19)15-5-3-6-15/h13-16,19H,2-11H2,1H3. The normalized spacial score (nSPS) is 32.0.